The summed E-state index contributed by atoms with van der Waals surface area (Å²) in [5.41, 5.74) is 4.38. The first kappa shape index (κ1) is 33.5. The average molecular weight is 626 g/mol. The van der Waals surface area contributed by atoms with E-state index in [1.165, 1.54) is 4.90 Å². The molecule has 0 aliphatic rings. The van der Waals surface area contributed by atoms with Crippen molar-refractivity contribution in [2.24, 2.45) is 0 Å². The molecular weight excluding hydrogens is 582 g/mol. The highest BCUT2D eigenvalue weighted by atomic mass is 32.2. The number of nitrogens with zero attached hydrogens (tertiary/aromatic N) is 2. The molecule has 4 rings (SSSR count). The van der Waals surface area contributed by atoms with E-state index in [1.807, 2.05) is 102 Å². The van der Waals surface area contributed by atoms with Gasteiger partial charge in [0.2, 0.25) is 11.8 Å². The Labute approximate surface area is 268 Å². The Balaban J connectivity index is 1.81. The van der Waals surface area contributed by atoms with Gasteiger partial charge in [-0.3, -0.25) is 13.9 Å². The standard InChI is InChI=1S/C37H43N3O4S/c1-27-15-19-31(20-16-27)25-39(34(36(42)38-37(4,5)6)24-30-12-8-7-9-13-30)35(41)26-40(32-14-10-11-29(3)23-32)45(43,44)33-21-17-28(2)18-22-33/h7-23,34H,24-26H2,1-6H3,(H,38,42)/t34-/m1/s1. The topological polar surface area (TPSA) is 86.8 Å². The molecule has 0 spiro atoms. The molecule has 0 saturated carbocycles. The minimum absolute atomic E-state index is 0.0822. The SMILES string of the molecule is Cc1ccc(CN(C(=O)CN(c2cccc(C)c2)S(=O)(=O)c2ccc(C)cc2)[C@H](Cc2ccccc2)C(=O)NC(C)(C)C)cc1. The summed E-state index contributed by atoms with van der Waals surface area (Å²) in [6, 6.07) is 30.1. The molecule has 0 saturated heterocycles. The zero-order valence-electron chi connectivity index (χ0n) is 26.9. The van der Waals surface area contributed by atoms with Gasteiger partial charge in [0, 0.05) is 18.5 Å². The van der Waals surface area contributed by atoms with Crippen molar-refractivity contribution in [3.05, 3.63) is 131 Å². The van der Waals surface area contributed by atoms with E-state index in [0.29, 0.717) is 5.69 Å². The number of benzene rings is 4. The highest BCUT2D eigenvalue weighted by Gasteiger charge is 2.35. The summed E-state index contributed by atoms with van der Waals surface area (Å²) in [5.74, 6) is -0.798. The lowest BCUT2D eigenvalue weighted by Crippen LogP contribution is -2.56. The average Bonchev–Trinajstić information content (AvgIpc) is 2.98. The highest BCUT2D eigenvalue weighted by molar-refractivity contribution is 7.92. The molecule has 1 N–H and O–H groups in total. The van der Waals surface area contributed by atoms with Gasteiger partial charge in [-0.15, -0.1) is 0 Å². The number of rotatable bonds is 11. The lowest BCUT2D eigenvalue weighted by Gasteiger charge is -2.35. The molecule has 0 unspecified atom stereocenters. The minimum atomic E-state index is -4.14. The van der Waals surface area contributed by atoms with Crippen molar-refractivity contribution in [2.45, 2.75) is 71.0 Å². The van der Waals surface area contributed by atoms with E-state index >= 15 is 0 Å². The van der Waals surface area contributed by atoms with Crippen LogP contribution in [0.15, 0.2) is 108 Å². The van der Waals surface area contributed by atoms with Gasteiger partial charge in [-0.05, 0) is 82.5 Å². The van der Waals surface area contributed by atoms with Gasteiger partial charge in [0.05, 0.1) is 10.6 Å². The number of hydrogen-bond donors (Lipinski definition) is 1. The molecule has 45 heavy (non-hydrogen) atoms. The number of carbonyl (C=O) groups is 2. The molecule has 7 nitrogen and oxygen atoms in total. The van der Waals surface area contributed by atoms with Crippen LogP contribution >= 0.6 is 0 Å². The van der Waals surface area contributed by atoms with Gasteiger partial charge in [0.25, 0.3) is 10.0 Å². The summed E-state index contributed by atoms with van der Waals surface area (Å²) in [5, 5.41) is 3.06. The van der Waals surface area contributed by atoms with Crippen LogP contribution in [0.25, 0.3) is 0 Å². The molecule has 0 aliphatic heterocycles. The normalized spacial score (nSPS) is 12.3. The highest BCUT2D eigenvalue weighted by Crippen LogP contribution is 2.26. The third kappa shape index (κ3) is 9.05. The fraction of sp³-hybridized carbons (Fsp3) is 0.297. The molecule has 4 aromatic carbocycles. The van der Waals surface area contributed by atoms with E-state index in [-0.39, 0.29) is 23.8 Å². The second kappa shape index (κ2) is 14.1. The smallest absolute Gasteiger partial charge is 0.264 e. The van der Waals surface area contributed by atoms with E-state index in [2.05, 4.69) is 5.32 Å². The van der Waals surface area contributed by atoms with Crippen LogP contribution in [0.3, 0.4) is 0 Å². The first-order valence-corrected chi connectivity index (χ1v) is 16.5. The Bertz CT molecular complexity index is 1710. The molecular formula is C37H43N3O4S. The third-order valence-electron chi connectivity index (χ3n) is 7.42. The van der Waals surface area contributed by atoms with Gasteiger partial charge in [-0.2, -0.15) is 0 Å². The van der Waals surface area contributed by atoms with E-state index < -0.39 is 34.1 Å². The number of carbonyl (C=O) groups excluding carboxylic acids is 2. The maximum absolute atomic E-state index is 14.6. The molecule has 0 aliphatic carbocycles. The number of sulfonamides is 1. The van der Waals surface area contributed by atoms with Crippen LogP contribution in [0.2, 0.25) is 0 Å². The summed E-state index contributed by atoms with van der Waals surface area (Å²) >= 11 is 0. The fourth-order valence-corrected chi connectivity index (χ4v) is 6.45. The molecule has 8 heteroatoms. The van der Waals surface area contributed by atoms with Gasteiger partial charge < -0.3 is 10.2 Å². The van der Waals surface area contributed by atoms with E-state index in [0.717, 1.165) is 32.1 Å². The van der Waals surface area contributed by atoms with Gasteiger partial charge >= 0.3 is 0 Å². The van der Waals surface area contributed by atoms with Crippen molar-refractivity contribution >= 4 is 27.5 Å². The monoisotopic (exact) mass is 625 g/mol. The zero-order valence-corrected chi connectivity index (χ0v) is 27.8. The van der Waals surface area contributed by atoms with Crippen LogP contribution in [0.5, 0.6) is 0 Å². The molecule has 0 aromatic heterocycles. The van der Waals surface area contributed by atoms with Crippen LogP contribution in [-0.2, 0) is 32.6 Å². The molecule has 0 heterocycles. The zero-order chi connectivity index (χ0) is 32.8. The second-order valence-corrected chi connectivity index (χ2v) is 14.5. The van der Waals surface area contributed by atoms with Crippen LogP contribution < -0.4 is 9.62 Å². The van der Waals surface area contributed by atoms with E-state index in [1.54, 1.807) is 42.5 Å². The van der Waals surface area contributed by atoms with E-state index in [9.17, 15) is 18.0 Å². The van der Waals surface area contributed by atoms with Gasteiger partial charge in [-0.1, -0.05) is 90.0 Å². The van der Waals surface area contributed by atoms with Crippen molar-refractivity contribution in [1.29, 1.82) is 0 Å². The lowest BCUT2D eigenvalue weighted by molar-refractivity contribution is -0.140. The molecule has 4 aromatic rings. The Morgan fingerprint density at radius 1 is 0.733 bits per heavy atom. The Kier molecular flexibility index (Phi) is 10.5. The summed E-state index contributed by atoms with van der Waals surface area (Å²) in [6.45, 7) is 11.1. The van der Waals surface area contributed by atoms with Crippen LogP contribution in [0, 0.1) is 20.8 Å². The Morgan fingerprint density at radius 3 is 1.91 bits per heavy atom. The first-order chi connectivity index (χ1) is 21.2. The molecule has 0 radical (unpaired) electrons. The first-order valence-electron chi connectivity index (χ1n) is 15.1. The van der Waals surface area contributed by atoms with E-state index in [4.69, 9.17) is 0 Å². The maximum Gasteiger partial charge on any atom is 0.264 e. The number of amides is 2. The van der Waals surface area contributed by atoms with Crippen LogP contribution in [0.1, 0.15) is 48.6 Å². The number of anilines is 1. The minimum Gasteiger partial charge on any atom is -0.350 e. The Hall–Kier alpha value is -4.43. The lowest BCUT2D eigenvalue weighted by atomic mass is 10.0. The quantitative estimate of drug-likeness (QED) is 0.210. The van der Waals surface area contributed by atoms with Crippen molar-refractivity contribution in [3.8, 4) is 0 Å². The fourth-order valence-electron chi connectivity index (χ4n) is 5.05. The molecule has 0 bridgehead atoms. The van der Waals surface area contributed by atoms with Crippen molar-refractivity contribution in [1.82, 2.24) is 10.2 Å². The maximum atomic E-state index is 14.6. The predicted octanol–water partition coefficient (Wildman–Crippen LogP) is 6.36. The second-order valence-electron chi connectivity index (χ2n) is 12.6. The largest absolute Gasteiger partial charge is 0.350 e. The third-order valence-corrected chi connectivity index (χ3v) is 9.21. The summed E-state index contributed by atoms with van der Waals surface area (Å²) in [6.07, 6.45) is 0.259. The molecule has 236 valence electrons. The number of hydrogen-bond acceptors (Lipinski definition) is 4. The van der Waals surface area contributed by atoms with Gasteiger partial charge in [0.15, 0.2) is 0 Å². The van der Waals surface area contributed by atoms with Crippen molar-refractivity contribution in [2.75, 3.05) is 10.8 Å². The van der Waals surface area contributed by atoms with Crippen LogP contribution in [-0.4, -0.2) is 43.3 Å². The summed E-state index contributed by atoms with van der Waals surface area (Å²) < 4.78 is 29.5. The Morgan fingerprint density at radius 2 is 1.33 bits per heavy atom. The van der Waals surface area contributed by atoms with Crippen molar-refractivity contribution < 1.29 is 18.0 Å². The molecule has 0 fully saturated rings. The number of aryl methyl sites for hydroxylation is 3. The van der Waals surface area contributed by atoms with Crippen molar-refractivity contribution in [3.63, 3.8) is 0 Å². The van der Waals surface area contributed by atoms with Gasteiger partial charge in [0.1, 0.15) is 12.6 Å². The predicted molar refractivity (Wildman–Crippen MR) is 180 cm³/mol. The number of nitrogens with one attached hydrogen (secondary N) is 1. The molecule has 1 atom stereocenters. The molecule has 2 amide bonds. The van der Waals surface area contributed by atoms with Gasteiger partial charge in [-0.25, -0.2) is 8.42 Å². The summed E-state index contributed by atoms with van der Waals surface area (Å²) in [7, 11) is -4.14. The summed E-state index contributed by atoms with van der Waals surface area (Å²) in [4.78, 5) is 30.1. The van der Waals surface area contributed by atoms with Crippen LogP contribution in [0.4, 0.5) is 5.69 Å².